The number of hydrogen-bond donors (Lipinski definition) is 4. The van der Waals surface area contributed by atoms with E-state index in [2.05, 4.69) is 24.5 Å². The van der Waals surface area contributed by atoms with Gasteiger partial charge in [0, 0.05) is 5.75 Å². The summed E-state index contributed by atoms with van der Waals surface area (Å²) < 4.78 is 6.47. The molecule has 0 amide bonds. The largest absolute Gasteiger partial charge is 0.480 e. The van der Waals surface area contributed by atoms with E-state index in [0.29, 0.717) is 0 Å². The molecule has 1 atom stereocenters. The first-order chi connectivity index (χ1) is 4.18. The summed E-state index contributed by atoms with van der Waals surface area (Å²) >= 11 is 7.29. The van der Waals surface area contributed by atoms with Gasteiger partial charge in [0.15, 0.2) is 0 Å². The van der Waals surface area contributed by atoms with Gasteiger partial charge in [-0.25, -0.2) is 0 Å². The second-order valence-electron chi connectivity index (χ2n) is 1.13. The van der Waals surface area contributed by atoms with E-state index in [4.69, 9.17) is 15.5 Å². The average molecular weight is 192 g/mol. The number of aliphatic carboxylic acids is 1. The normalized spacial score (nSPS) is 10.0. The zero-order chi connectivity index (χ0) is 7.86. The van der Waals surface area contributed by atoms with Crippen molar-refractivity contribution in [2.75, 3.05) is 5.75 Å². The minimum atomic E-state index is -1.00. The fourth-order valence-corrected chi connectivity index (χ4v) is 0.234. The van der Waals surface area contributed by atoms with Crippen LogP contribution in [0, 0.1) is 0 Å². The lowest BCUT2D eigenvalue weighted by Gasteiger charge is -1.96. The number of nitrogens with two attached hydrogens (primary N) is 1. The van der Waals surface area contributed by atoms with Gasteiger partial charge in [-0.3, -0.25) is 9.45 Å². The Labute approximate surface area is 68.7 Å². The fourth-order valence-electron chi connectivity index (χ4n) is 0.0781. The maximum Gasteiger partial charge on any atom is 0.321 e. The second kappa shape index (κ2) is 11.7. The average Bonchev–Trinajstić information content (AvgIpc) is 1.91. The summed E-state index contributed by atoms with van der Waals surface area (Å²) in [5, 5.41) is 8.01. The molecule has 64 valence electrons. The Morgan fingerprint density at radius 3 is 2.00 bits per heavy atom. The van der Waals surface area contributed by atoms with E-state index in [-0.39, 0.29) is 11.2 Å². The molecule has 0 aliphatic heterocycles. The maximum atomic E-state index is 9.76. The third-order valence-corrected chi connectivity index (χ3v) is 0.907. The molecular formula is C3H10ClNO4S. The number of thiol groups is 1. The highest BCUT2D eigenvalue weighted by atomic mass is 35.5. The second-order valence-corrected chi connectivity index (χ2v) is 1.49. The van der Waals surface area contributed by atoms with Gasteiger partial charge in [0.2, 0.25) is 0 Å². The van der Waals surface area contributed by atoms with E-state index in [1.807, 2.05) is 0 Å². The smallest absolute Gasteiger partial charge is 0.321 e. The van der Waals surface area contributed by atoms with Gasteiger partial charge in [0.1, 0.15) is 6.04 Å². The van der Waals surface area contributed by atoms with E-state index in [1.165, 1.54) is 0 Å². The molecule has 0 fully saturated rings. The predicted octanol–water partition coefficient (Wildman–Crippen LogP) is -1.36. The van der Waals surface area contributed by atoms with E-state index >= 15 is 0 Å². The fraction of sp³-hybridized carbons (Fsp3) is 0.667. The summed E-state index contributed by atoms with van der Waals surface area (Å²) in [5.41, 5.74) is 4.94. The van der Waals surface area contributed by atoms with E-state index in [0.717, 1.165) is 0 Å². The van der Waals surface area contributed by atoms with Gasteiger partial charge < -0.3 is 16.3 Å². The Morgan fingerprint density at radius 2 is 2.00 bits per heavy atom. The molecule has 0 saturated heterocycles. The maximum absolute atomic E-state index is 9.76. The monoisotopic (exact) mass is 191 g/mol. The molecule has 0 radical (unpaired) electrons. The molecule has 5 nitrogen and oxygen atoms in total. The lowest BCUT2D eigenvalue weighted by molar-refractivity contribution is -0.137. The summed E-state index contributed by atoms with van der Waals surface area (Å²) in [6.45, 7) is 0. The van der Waals surface area contributed by atoms with Gasteiger partial charge in [-0.1, -0.05) is 0 Å². The Morgan fingerprint density at radius 1 is 1.70 bits per heavy atom. The van der Waals surface area contributed by atoms with Crippen LogP contribution in [-0.2, 0) is 4.79 Å². The van der Waals surface area contributed by atoms with Crippen molar-refractivity contribution < 1.29 is 20.0 Å². The van der Waals surface area contributed by atoms with E-state index in [1.54, 1.807) is 0 Å². The third-order valence-electron chi connectivity index (χ3n) is 0.514. The molecule has 0 aliphatic rings. The Bertz CT molecular complexity index is 82.9. The molecule has 0 saturated carbocycles. The molecule has 0 aromatic rings. The molecule has 0 aromatic carbocycles. The number of carboxylic acid groups (broad SMARTS) is 1. The van der Waals surface area contributed by atoms with Crippen molar-refractivity contribution >= 4 is 30.5 Å². The molecule has 0 aromatic heterocycles. The predicted molar refractivity (Wildman–Crippen MR) is 41.1 cm³/mol. The van der Waals surface area contributed by atoms with E-state index < -0.39 is 12.0 Å². The van der Waals surface area contributed by atoms with Gasteiger partial charge in [-0.2, -0.15) is 12.6 Å². The zero-order valence-electron chi connectivity index (χ0n) is 4.99. The zero-order valence-corrected chi connectivity index (χ0v) is 6.64. The van der Waals surface area contributed by atoms with Crippen molar-refractivity contribution in [3.05, 3.63) is 0 Å². The van der Waals surface area contributed by atoms with Crippen LogP contribution in [0.5, 0.6) is 0 Å². The van der Waals surface area contributed by atoms with Crippen LogP contribution < -0.4 is 5.73 Å². The highest BCUT2D eigenvalue weighted by Crippen LogP contribution is 1.80. The summed E-state index contributed by atoms with van der Waals surface area (Å²) in [4.78, 5) is 9.76. The number of carboxylic acids is 1. The highest BCUT2D eigenvalue weighted by Gasteiger charge is 2.06. The summed E-state index contributed by atoms with van der Waals surface area (Å²) in [5.74, 6) is -0.815. The van der Waals surface area contributed by atoms with Gasteiger partial charge in [0.25, 0.3) is 0 Å². The van der Waals surface area contributed by atoms with Crippen molar-refractivity contribution in [3.8, 4) is 0 Å². The number of hydrogen-bond acceptors (Lipinski definition) is 4. The minimum Gasteiger partial charge on any atom is -0.480 e. The molecule has 7 heteroatoms. The third kappa shape index (κ3) is 10.9. The van der Waals surface area contributed by atoms with E-state index in [9.17, 15) is 4.79 Å². The molecule has 0 heterocycles. The van der Waals surface area contributed by atoms with Crippen LogP contribution in [0.15, 0.2) is 0 Å². The van der Waals surface area contributed by atoms with Crippen LogP contribution in [0.2, 0.25) is 0 Å². The minimum absolute atomic E-state index is 0. The molecule has 0 aliphatic carbocycles. The van der Waals surface area contributed by atoms with Crippen LogP contribution in [0.25, 0.3) is 0 Å². The first-order valence-corrected chi connectivity index (χ1v) is 2.91. The molecule has 6 N–H and O–H groups in total. The van der Waals surface area contributed by atoms with Crippen LogP contribution >= 0.6 is 24.5 Å². The van der Waals surface area contributed by atoms with Gasteiger partial charge in [-0.15, -0.1) is 0 Å². The van der Waals surface area contributed by atoms with Gasteiger partial charge in [0.05, 0.1) is 11.9 Å². The first-order valence-electron chi connectivity index (χ1n) is 1.94. The Kier molecular flexibility index (Phi) is 19.4. The van der Waals surface area contributed by atoms with Crippen molar-refractivity contribution in [2.45, 2.75) is 6.04 Å². The lowest BCUT2D eigenvalue weighted by atomic mass is 10.4. The standard InChI is InChI=1S/C3H7NO2S.ClHO.H2O/c4-2(1-7)3(5)6;1-2;/h2,7H,1,4H2,(H,5,6);2H;1H2/t2-;;/m0../s1. The molecule has 0 spiro atoms. The molecule has 0 bridgehead atoms. The number of carbonyl (C=O) groups is 1. The van der Waals surface area contributed by atoms with Gasteiger partial charge in [-0.05, 0) is 0 Å². The highest BCUT2D eigenvalue weighted by molar-refractivity contribution is 7.80. The molecular weight excluding hydrogens is 182 g/mol. The quantitative estimate of drug-likeness (QED) is 0.404. The van der Waals surface area contributed by atoms with Crippen LogP contribution in [-0.4, -0.2) is 33.0 Å². The summed E-state index contributed by atoms with van der Waals surface area (Å²) in [6.07, 6.45) is 0. The molecule has 0 unspecified atom stereocenters. The van der Waals surface area contributed by atoms with Crippen LogP contribution in [0.3, 0.4) is 0 Å². The van der Waals surface area contributed by atoms with Crippen molar-refractivity contribution in [3.63, 3.8) is 0 Å². The van der Waals surface area contributed by atoms with Crippen LogP contribution in [0.4, 0.5) is 0 Å². The molecule has 0 rings (SSSR count). The van der Waals surface area contributed by atoms with Crippen molar-refractivity contribution in [1.29, 1.82) is 0 Å². The molecule has 10 heavy (non-hydrogen) atoms. The topological polar surface area (TPSA) is 115 Å². The Balaban J connectivity index is -0.000000149. The summed E-state index contributed by atoms with van der Waals surface area (Å²) in [6, 6.07) is -0.816. The van der Waals surface area contributed by atoms with Crippen molar-refractivity contribution in [1.82, 2.24) is 0 Å². The van der Waals surface area contributed by atoms with Crippen molar-refractivity contribution in [2.24, 2.45) is 5.73 Å². The number of halogens is 1. The number of rotatable bonds is 2. The summed E-state index contributed by atoms with van der Waals surface area (Å²) in [7, 11) is 0. The first kappa shape index (κ1) is 16.5. The lowest BCUT2D eigenvalue weighted by Crippen LogP contribution is -2.31. The van der Waals surface area contributed by atoms with Crippen LogP contribution in [0.1, 0.15) is 0 Å². The Hall–Kier alpha value is -0.0100. The SMILES string of the molecule is N[C@@H](CS)C(=O)O.O.OCl. The van der Waals surface area contributed by atoms with Gasteiger partial charge >= 0.3 is 5.97 Å².